The summed E-state index contributed by atoms with van der Waals surface area (Å²) in [7, 11) is -1.72. The summed E-state index contributed by atoms with van der Waals surface area (Å²) < 4.78 is 5.95. The average molecular weight is 669 g/mol. The van der Waals surface area contributed by atoms with E-state index in [1.807, 2.05) is 30.3 Å². The highest BCUT2D eigenvalue weighted by atomic mass is 35.5. The Labute approximate surface area is 285 Å². The fraction of sp³-hybridized carbons (Fsp3) is 0.571. The van der Waals surface area contributed by atoms with Crippen molar-refractivity contribution in [1.29, 1.82) is 0 Å². The van der Waals surface area contributed by atoms with Crippen LogP contribution in [0.25, 0.3) is 0 Å². The van der Waals surface area contributed by atoms with Crippen LogP contribution >= 0.6 is 12.4 Å². The van der Waals surface area contributed by atoms with Crippen LogP contribution < -0.4 is 10.6 Å². The van der Waals surface area contributed by atoms with Gasteiger partial charge in [-0.2, -0.15) is 0 Å². The summed E-state index contributed by atoms with van der Waals surface area (Å²) in [6, 6.07) is 12.6. The lowest BCUT2D eigenvalue weighted by Crippen LogP contribution is -2.56. The highest BCUT2D eigenvalue weighted by Crippen LogP contribution is 2.28. The van der Waals surface area contributed by atoms with Gasteiger partial charge >= 0.3 is 13.2 Å². The van der Waals surface area contributed by atoms with Gasteiger partial charge in [0.05, 0.1) is 18.5 Å². The van der Waals surface area contributed by atoms with Gasteiger partial charge in [0, 0.05) is 26.1 Å². The second kappa shape index (κ2) is 17.3. The Hall–Kier alpha value is -3.12. The van der Waals surface area contributed by atoms with Crippen LogP contribution in [-0.4, -0.2) is 75.5 Å². The third kappa shape index (κ3) is 9.50. The van der Waals surface area contributed by atoms with Gasteiger partial charge in [-0.05, 0) is 54.5 Å². The number of amides is 3. The van der Waals surface area contributed by atoms with Crippen molar-refractivity contribution in [1.82, 2.24) is 20.4 Å². The molecule has 3 aliphatic rings. The van der Waals surface area contributed by atoms with E-state index >= 15 is 0 Å². The molecule has 0 spiro atoms. The molecule has 2 saturated heterocycles. The molecule has 2 fully saturated rings. The summed E-state index contributed by atoms with van der Waals surface area (Å²) in [5, 5.41) is 26.5. The maximum atomic E-state index is 14.3. The van der Waals surface area contributed by atoms with Gasteiger partial charge in [-0.1, -0.05) is 87.4 Å². The predicted octanol–water partition coefficient (Wildman–Crippen LogP) is 4.33. The molecule has 4 atom stereocenters. The smallest absolute Gasteiger partial charge is 0.444 e. The first-order chi connectivity index (χ1) is 22.2. The molecule has 3 amide bonds. The second-order valence-electron chi connectivity index (χ2n) is 13.3. The van der Waals surface area contributed by atoms with Gasteiger partial charge in [-0.15, -0.1) is 12.4 Å². The fourth-order valence-electron chi connectivity index (χ4n) is 7.09. The van der Waals surface area contributed by atoms with Gasteiger partial charge in [0.2, 0.25) is 11.8 Å². The van der Waals surface area contributed by atoms with Crippen molar-refractivity contribution in [3.63, 3.8) is 0 Å². The van der Waals surface area contributed by atoms with Crippen LogP contribution in [-0.2, 0) is 34.0 Å². The third-order valence-electron chi connectivity index (χ3n) is 9.88. The van der Waals surface area contributed by atoms with E-state index in [0.29, 0.717) is 32.5 Å². The molecule has 47 heavy (non-hydrogen) atoms. The number of rotatable bonds is 5. The molecule has 5 rings (SSSR count). The topological polar surface area (TPSA) is 131 Å². The first-order valence-corrected chi connectivity index (χ1v) is 17.0. The quantitative estimate of drug-likeness (QED) is 0.349. The molecule has 1 unspecified atom stereocenters. The summed E-state index contributed by atoms with van der Waals surface area (Å²) in [6.07, 6.45) is 6.86. The highest BCUT2D eigenvalue weighted by Gasteiger charge is 2.44. The van der Waals surface area contributed by atoms with Crippen molar-refractivity contribution in [2.75, 3.05) is 6.54 Å². The van der Waals surface area contributed by atoms with E-state index in [2.05, 4.69) is 36.6 Å². The van der Waals surface area contributed by atoms with Gasteiger partial charge in [0.25, 0.3) is 0 Å². The SMILES string of the molecule is Cc1cccc(C)c1CNC1CCCCCCCCC[C@H](B(O)O)NC(=O)[C@@H]2C[C@@H](OC(=O)N3Cc4ccccc4C3)CN2C1=O.Cl. The van der Waals surface area contributed by atoms with Crippen molar-refractivity contribution >= 4 is 37.4 Å². The van der Waals surface area contributed by atoms with Gasteiger partial charge in [0.15, 0.2) is 0 Å². The van der Waals surface area contributed by atoms with Crippen LogP contribution in [0.3, 0.4) is 0 Å². The summed E-state index contributed by atoms with van der Waals surface area (Å²) in [4.78, 5) is 44.6. The fourth-order valence-corrected chi connectivity index (χ4v) is 7.09. The molecule has 256 valence electrons. The first-order valence-electron chi connectivity index (χ1n) is 17.0. The number of fused-ring (bicyclic) bond motifs is 2. The number of carbonyl (C=O) groups excluding carboxylic acids is 3. The first kappa shape index (κ1) is 36.7. The number of benzene rings is 2. The monoisotopic (exact) mass is 668 g/mol. The van der Waals surface area contributed by atoms with E-state index in [0.717, 1.165) is 72.8 Å². The molecule has 0 radical (unpaired) electrons. The van der Waals surface area contributed by atoms with Crippen molar-refractivity contribution in [3.05, 3.63) is 70.3 Å². The minimum atomic E-state index is -1.72. The molecule has 3 aliphatic heterocycles. The van der Waals surface area contributed by atoms with Crippen LogP contribution in [0.4, 0.5) is 4.79 Å². The summed E-state index contributed by atoms with van der Waals surface area (Å²) in [5.74, 6) is -1.51. The standard InChI is InChI=1S/C35H49BN4O6.ClH/c1-24-13-12-14-25(2)29(24)20-37-30-17-8-6-4-3-5-7-9-18-32(36(44)45)38-33(41)31-19-28(23-40(31)34(30)42)46-35(43)39-21-26-15-10-11-16-27(26)22-39;/h10-16,28,30-32,37,44-45H,3-9,17-23H2,1-2H3,(H,38,41);1H/t28-,30?,31+,32-;/m1./s1. The lowest BCUT2D eigenvalue weighted by atomic mass is 9.76. The van der Waals surface area contributed by atoms with Crippen molar-refractivity contribution < 1.29 is 29.2 Å². The van der Waals surface area contributed by atoms with E-state index < -0.39 is 43.2 Å². The lowest BCUT2D eigenvalue weighted by Gasteiger charge is -2.30. The van der Waals surface area contributed by atoms with Crippen molar-refractivity contribution in [3.8, 4) is 0 Å². The second-order valence-corrected chi connectivity index (χ2v) is 13.3. The average Bonchev–Trinajstić information content (AvgIpc) is 3.66. The van der Waals surface area contributed by atoms with Crippen molar-refractivity contribution in [2.24, 2.45) is 0 Å². The minimum absolute atomic E-state index is 0. The number of aryl methyl sites for hydroxylation is 2. The number of nitrogens with one attached hydrogen (secondary N) is 2. The molecule has 2 aromatic carbocycles. The number of hydrogen-bond acceptors (Lipinski definition) is 7. The number of hydrogen-bond donors (Lipinski definition) is 4. The molecule has 3 heterocycles. The number of ether oxygens (including phenoxy) is 1. The Morgan fingerprint density at radius 3 is 2.13 bits per heavy atom. The predicted molar refractivity (Wildman–Crippen MR) is 184 cm³/mol. The van der Waals surface area contributed by atoms with Gasteiger partial charge in [0.1, 0.15) is 12.1 Å². The minimum Gasteiger partial charge on any atom is -0.444 e. The van der Waals surface area contributed by atoms with Crippen LogP contribution in [0.2, 0.25) is 0 Å². The van der Waals surface area contributed by atoms with Gasteiger partial charge < -0.3 is 30.3 Å². The number of halogens is 1. The summed E-state index contributed by atoms with van der Waals surface area (Å²) >= 11 is 0. The van der Waals surface area contributed by atoms with Crippen molar-refractivity contribution in [2.45, 2.75) is 122 Å². The Balaban J connectivity index is 0.00000500. The Morgan fingerprint density at radius 2 is 1.51 bits per heavy atom. The van der Waals surface area contributed by atoms with E-state index in [1.54, 1.807) is 9.80 Å². The normalized spacial score (nSPS) is 24.2. The molecule has 0 aliphatic carbocycles. The van der Waals surface area contributed by atoms with Gasteiger partial charge in [-0.25, -0.2) is 4.79 Å². The van der Waals surface area contributed by atoms with E-state index in [9.17, 15) is 24.4 Å². The highest BCUT2D eigenvalue weighted by molar-refractivity contribution is 6.43. The molecule has 12 heteroatoms. The lowest BCUT2D eigenvalue weighted by molar-refractivity contribution is -0.140. The summed E-state index contributed by atoms with van der Waals surface area (Å²) in [5.41, 5.74) is 5.61. The van der Waals surface area contributed by atoms with E-state index in [4.69, 9.17) is 4.74 Å². The summed E-state index contributed by atoms with van der Waals surface area (Å²) in [6.45, 7) is 5.65. The molecule has 2 aromatic rings. The zero-order valence-corrected chi connectivity index (χ0v) is 28.5. The zero-order valence-electron chi connectivity index (χ0n) is 27.7. The molecular weight excluding hydrogens is 619 g/mol. The molecule has 0 aromatic heterocycles. The van der Waals surface area contributed by atoms with Crippen LogP contribution in [0.15, 0.2) is 42.5 Å². The zero-order chi connectivity index (χ0) is 32.6. The Kier molecular flexibility index (Phi) is 13.5. The van der Waals surface area contributed by atoms with Crippen LogP contribution in [0, 0.1) is 13.8 Å². The van der Waals surface area contributed by atoms with E-state index in [1.165, 1.54) is 0 Å². The van der Waals surface area contributed by atoms with Gasteiger partial charge in [-0.3, -0.25) is 14.5 Å². The Morgan fingerprint density at radius 1 is 0.915 bits per heavy atom. The van der Waals surface area contributed by atoms with E-state index in [-0.39, 0.29) is 31.3 Å². The maximum absolute atomic E-state index is 14.3. The molecule has 4 N–H and O–H groups in total. The molecule has 0 bridgehead atoms. The van der Waals surface area contributed by atoms with Crippen LogP contribution in [0.5, 0.6) is 0 Å². The number of carbonyl (C=O) groups is 3. The molecule has 0 saturated carbocycles. The molecule has 10 nitrogen and oxygen atoms in total. The Bertz CT molecular complexity index is 1330. The third-order valence-corrected chi connectivity index (χ3v) is 9.88. The molecular formula is C35H50BClN4O6. The largest absolute Gasteiger partial charge is 0.475 e. The van der Waals surface area contributed by atoms with Crippen LogP contribution in [0.1, 0.15) is 92.0 Å². The maximum Gasteiger partial charge on any atom is 0.475 e. The number of nitrogens with zero attached hydrogens (tertiary/aromatic N) is 2.